The van der Waals surface area contributed by atoms with Gasteiger partial charge in [-0.25, -0.2) is 0 Å². The van der Waals surface area contributed by atoms with E-state index in [0.717, 1.165) is 38.6 Å². The van der Waals surface area contributed by atoms with Crippen molar-refractivity contribution < 1.29 is 0 Å². The van der Waals surface area contributed by atoms with Gasteiger partial charge in [0.2, 0.25) is 0 Å². The molecule has 86 valence electrons. The molecule has 4 N–H and O–H groups in total. The molecule has 0 heterocycles. The first-order chi connectivity index (χ1) is 6.81. The molecule has 0 bridgehead atoms. The minimum atomic E-state index is 0.742. The standard InChI is InChI=1S/C11H27N3/c1-3-7-13-8-4-11(2)5-9-14-10-6-12/h11,13-14H,3-10,12H2,1-2H3. The Bertz CT molecular complexity index is 94.7. The van der Waals surface area contributed by atoms with Crippen LogP contribution in [0.5, 0.6) is 0 Å². The summed E-state index contributed by atoms with van der Waals surface area (Å²) in [7, 11) is 0. The van der Waals surface area contributed by atoms with Gasteiger partial charge in [-0.1, -0.05) is 13.8 Å². The van der Waals surface area contributed by atoms with Crippen LogP contribution in [0.2, 0.25) is 0 Å². The van der Waals surface area contributed by atoms with Crippen LogP contribution in [0.1, 0.15) is 33.1 Å². The SMILES string of the molecule is CCCNCCC(C)CCNCCN. The second kappa shape index (κ2) is 11.0. The van der Waals surface area contributed by atoms with Crippen LogP contribution in [0, 0.1) is 5.92 Å². The van der Waals surface area contributed by atoms with Gasteiger partial charge in [0.15, 0.2) is 0 Å². The summed E-state index contributed by atoms with van der Waals surface area (Å²) in [5, 5.41) is 6.75. The van der Waals surface area contributed by atoms with Gasteiger partial charge >= 0.3 is 0 Å². The summed E-state index contributed by atoms with van der Waals surface area (Å²) in [6.07, 6.45) is 3.77. The highest BCUT2D eigenvalue weighted by Crippen LogP contribution is 2.04. The summed E-state index contributed by atoms with van der Waals surface area (Å²) in [6.45, 7) is 9.62. The summed E-state index contributed by atoms with van der Waals surface area (Å²) in [5.41, 5.74) is 5.39. The molecule has 0 saturated carbocycles. The number of rotatable bonds is 10. The Kier molecular flexibility index (Phi) is 10.9. The van der Waals surface area contributed by atoms with Crippen LogP contribution in [0.25, 0.3) is 0 Å². The number of nitrogens with one attached hydrogen (secondary N) is 2. The van der Waals surface area contributed by atoms with Crippen molar-refractivity contribution in [3.8, 4) is 0 Å². The summed E-state index contributed by atoms with van der Waals surface area (Å²) in [6, 6.07) is 0. The Balaban J connectivity index is 3.07. The highest BCUT2D eigenvalue weighted by atomic mass is 14.9. The minimum Gasteiger partial charge on any atom is -0.329 e. The highest BCUT2D eigenvalue weighted by Gasteiger charge is 2.00. The molecule has 0 aliphatic carbocycles. The highest BCUT2D eigenvalue weighted by molar-refractivity contribution is 4.58. The quantitative estimate of drug-likeness (QED) is 0.461. The zero-order valence-electron chi connectivity index (χ0n) is 9.81. The zero-order valence-corrected chi connectivity index (χ0v) is 9.81. The topological polar surface area (TPSA) is 50.1 Å². The molecule has 14 heavy (non-hydrogen) atoms. The van der Waals surface area contributed by atoms with E-state index in [2.05, 4.69) is 24.5 Å². The minimum absolute atomic E-state index is 0.742. The smallest absolute Gasteiger partial charge is 0.00745 e. The number of nitrogens with two attached hydrogens (primary N) is 1. The molecule has 3 nitrogen and oxygen atoms in total. The number of hydrogen-bond donors (Lipinski definition) is 3. The van der Waals surface area contributed by atoms with E-state index in [0.29, 0.717) is 0 Å². The molecule has 0 aromatic carbocycles. The van der Waals surface area contributed by atoms with Crippen LogP contribution in [0.3, 0.4) is 0 Å². The molecule has 0 amide bonds. The van der Waals surface area contributed by atoms with E-state index in [1.165, 1.54) is 19.3 Å². The lowest BCUT2D eigenvalue weighted by Gasteiger charge is -2.11. The van der Waals surface area contributed by atoms with Gasteiger partial charge in [0.1, 0.15) is 0 Å². The molecular weight excluding hydrogens is 174 g/mol. The van der Waals surface area contributed by atoms with Crippen molar-refractivity contribution in [2.24, 2.45) is 11.7 Å². The predicted octanol–water partition coefficient (Wildman–Crippen LogP) is 0.951. The van der Waals surface area contributed by atoms with Gasteiger partial charge in [0, 0.05) is 13.1 Å². The summed E-state index contributed by atoms with van der Waals surface area (Å²) >= 11 is 0. The molecule has 0 radical (unpaired) electrons. The van der Waals surface area contributed by atoms with Gasteiger partial charge in [-0.2, -0.15) is 0 Å². The molecule has 0 aromatic heterocycles. The Morgan fingerprint density at radius 2 is 1.57 bits per heavy atom. The van der Waals surface area contributed by atoms with Gasteiger partial charge in [-0.15, -0.1) is 0 Å². The molecule has 0 fully saturated rings. The molecule has 0 spiro atoms. The first kappa shape index (κ1) is 13.9. The van der Waals surface area contributed by atoms with Gasteiger partial charge in [0.25, 0.3) is 0 Å². The first-order valence-electron chi connectivity index (χ1n) is 5.92. The maximum absolute atomic E-state index is 5.39. The second-order valence-electron chi connectivity index (χ2n) is 3.97. The third-order valence-corrected chi connectivity index (χ3v) is 2.38. The molecule has 0 saturated heterocycles. The lowest BCUT2D eigenvalue weighted by atomic mass is 10.0. The fourth-order valence-electron chi connectivity index (χ4n) is 1.37. The van der Waals surface area contributed by atoms with Gasteiger partial charge in [-0.3, -0.25) is 0 Å². The van der Waals surface area contributed by atoms with Crippen molar-refractivity contribution in [1.82, 2.24) is 10.6 Å². The van der Waals surface area contributed by atoms with Crippen LogP contribution in [0.4, 0.5) is 0 Å². The second-order valence-corrected chi connectivity index (χ2v) is 3.97. The normalized spacial score (nSPS) is 13.1. The average Bonchev–Trinajstić information content (AvgIpc) is 2.19. The molecule has 1 unspecified atom stereocenters. The van der Waals surface area contributed by atoms with Crippen LogP contribution >= 0.6 is 0 Å². The molecule has 0 aromatic rings. The monoisotopic (exact) mass is 201 g/mol. The van der Waals surface area contributed by atoms with E-state index in [1.54, 1.807) is 0 Å². The van der Waals surface area contributed by atoms with E-state index in [1.807, 2.05) is 0 Å². The third kappa shape index (κ3) is 9.96. The van der Waals surface area contributed by atoms with Crippen molar-refractivity contribution in [1.29, 1.82) is 0 Å². The lowest BCUT2D eigenvalue weighted by Crippen LogP contribution is -2.25. The fourth-order valence-corrected chi connectivity index (χ4v) is 1.37. The third-order valence-electron chi connectivity index (χ3n) is 2.38. The van der Waals surface area contributed by atoms with Gasteiger partial charge < -0.3 is 16.4 Å². The average molecular weight is 201 g/mol. The summed E-state index contributed by atoms with van der Waals surface area (Å²) in [5.74, 6) is 0.810. The zero-order chi connectivity index (χ0) is 10.6. The molecule has 1 atom stereocenters. The Labute approximate surface area is 88.8 Å². The molecule has 0 aliphatic heterocycles. The lowest BCUT2D eigenvalue weighted by molar-refractivity contribution is 0.455. The van der Waals surface area contributed by atoms with E-state index in [-0.39, 0.29) is 0 Å². The van der Waals surface area contributed by atoms with E-state index in [4.69, 9.17) is 5.73 Å². The van der Waals surface area contributed by atoms with Crippen LogP contribution in [-0.4, -0.2) is 32.7 Å². The summed E-state index contributed by atoms with van der Waals surface area (Å²) in [4.78, 5) is 0. The molecule has 0 aliphatic rings. The molecular formula is C11H27N3. The Hall–Kier alpha value is -0.120. The molecule has 0 rings (SSSR count). The first-order valence-corrected chi connectivity index (χ1v) is 5.92. The van der Waals surface area contributed by atoms with Crippen LogP contribution in [-0.2, 0) is 0 Å². The largest absolute Gasteiger partial charge is 0.329 e. The van der Waals surface area contributed by atoms with E-state index < -0.39 is 0 Å². The molecule has 3 heteroatoms. The fraction of sp³-hybridized carbons (Fsp3) is 1.00. The number of hydrogen-bond acceptors (Lipinski definition) is 3. The Morgan fingerprint density at radius 3 is 2.07 bits per heavy atom. The van der Waals surface area contributed by atoms with Crippen LogP contribution in [0.15, 0.2) is 0 Å². The van der Waals surface area contributed by atoms with E-state index >= 15 is 0 Å². The van der Waals surface area contributed by atoms with Gasteiger partial charge in [0.05, 0.1) is 0 Å². The van der Waals surface area contributed by atoms with Crippen LogP contribution < -0.4 is 16.4 Å². The van der Waals surface area contributed by atoms with Crippen molar-refractivity contribution in [3.63, 3.8) is 0 Å². The van der Waals surface area contributed by atoms with Crippen molar-refractivity contribution >= 4 is 0 Å². The van der Waals surface area contributed by atoms with Crippen molar-refractivity contribution in [3.05, 3.63) is 0 Å². The Morgan fingerprint density at radius 1 is 1.00 bits per heavy atom. The van der Waals surface area contributed by atoms with E-state index in [9.17, 15) is 0 Å². The van der Waals surface area contributed by atoms with Gasteiger partial charge in [-0.05, 0) is 44.8 Å². The van der Waals surface area contributed by atoms with Crippen molar-refractivity contribution in [2.45, 2.75) is 33.1 Å². The summed E-state index contributed by atoms with van der Waals surface area (Å²) < 4.78 is 0. The predicted molar refractivity (Wildman–Crippen MR) is 63.5 cm³/mol. The maximum atomic E-state index is 5.39. The maximum Gasteiger partial charge on any atom is 0.00745 e. The van der Waals surface area contributed by atoms with Crippen molar-refractivity contribution in [2.75, 3.05) is 32.7 Å².